The third-order valence-corrected chi connectivity index (χ3v) is 6.80. The minimum Gasteiger partial charge on any atom is -0.545 e. The molecule has 2 N–H and O–H groups in total. The second-order valence-corrected chi connectivity index (χ2v) is 9.33. The Hall–Kier alpha value is -2.17. The number of piperazine rings is 1. The van der Waals surface area contributed by atoms with Gasteiger partial charge in [0.25, 0.3) is 10.0 Å². The summed E-state index contributed by atoms with van der Waals surface area (Å²) in [7, 11) is -4.38. The van der Waals surface area contributed by atoms with E-state index in [0.717, 1.165) is 44.9 Å². The number of nitrogens with one attached hydrogen (secondary N) is 2. The van der Waals surface area contributed by atoms with Crippen LogP contribution in [0.4, 0.5) is 15.8 Å². The molecule has 0 radical (unpaired) electrons. The molecule has 1 aliphatic rings. The Bertz CT molecular complexity index is 1020. The van der Waals surface area contributed by atoms with Gasteiger partial charge in [0, 0.05) is 10.0 Å². The number of halogens is 2. The van der Waals surface area contributed by atoms with Crippen molar-refractivity contribution in [2.24, 2.45) is 0 Å². The van der Waals surface area contributed by atoms with Gasteiger partial charge in [-0.25, -0.2) is 12.8 Å². The van der Waals surface area contributed by atoms with Crippen LogP contribution in [0, 0.1) is 5.82 Å². The van der Waals surface area contributed by atoms with Crippen molar-refractivity contribution in [1.29, 1.82) is 0 Å². The number of sulfonamides is 1. The van der Waals surface area contributed by atoms with E-state index in [9.17, 15) is 22.7 Å². The third kappa shape index (κ3) is 4.71. The van der Waals surface area contributed by atoms with Crippen molar-refractivity contribution in [3.8, 4) is 0 Å². The fourth-order valence-electron chi connectivity index (χ4n) is 3.36. The van der Waals surface area contributed by atoms with Crippen LogP contribution in [-0.2, 0) is 10.0 Å². The number of likely N-dealkylation sites (N-methyl/N-ethyl adjacent to an activating group) is 1. The lowest BCUT2D eigenvalue weighted by molar-refractivity contribution is -0.898. The number of para-hydroxylation sites is 2. The van der Waals surface area contributed by atoms with Crippen LogP contribution < -0.4 is 19.6 Å². The van der Waals surface area contributed by atoms with E-state index in [-0.39, 0.29) is 4.47 Å². The summed E-state index contributed by atoms with van der Waals surface area (Å²) >= 11 is 3.02. The highest BCUT2D eigenvalue weighted by Crippen LogP contribution is 2.30. The van der Waals surface area contributed by atoms with Gasteiger partial charge in [-0.1, -0.05) is 28.1 Å². The Kier molecular flexibility index (Phi) is 6.45. The minimum absolute atomic E-state index is 0.116. The molecule has 0 bridgehead atoms. The van der Waals surface area contributed by atoms with Gasteiger partial charge in [0.15, 0.2) is 5.82 Å². The summed E-state index contributed by atoms with van der Waals surface area (Å²) in [6, 6.07) is 8.88. The van der Waals surface area contributed by atoms with E-state index in [1.54, 1.807) is 24.3 Å². The van der Waals surface area contributed by atoms with E-state index in [1.807, 2.05) is 0 Å². The predicted octanol–water partition coefficient (Wildman–Crippen LogP) is 0.477. The maximum atomic E-state index is 14.6. The average Bonchev–Trinajstić information content (AvgIpc) is 2.69. The Balaban J connectivity index is 1.94. The van der Waals surface area contributed by atoms with E-state index in [0.29, 0.717) is 11.4 Å². The number of hydrogen-bond donors (Lipinski definition) is 2. The van der Waals surface area contributed by atoms with Crippen LogP contribution >= 0.6 is 15.9 Å². The maximum absolute atomic E-state index is 14.6. The van der Waals surface area contributed by atoms with Crippen LogP contribution in [0.25, 0.3) is 0 Å². The number of hydrogen-bond acceptors (Lipinski definition) is 5. The molecule has 1 fully saturated rings. The number of anilines is 2. The van der Waals surface area contributed by atoms with Crippen molar-refractivity contribution < 1.29 is 27.6 Å². The highest BCUT2D eigenvalue weighted by Gasteiger charge is 2.26. The van der Waals surface area contributed by atoms with Crippen molar-refractivity contribution in [2.45, 2.75) is 11.8 Å². The molecular weight excluding hydrogens is 465 g/mol. The molecule has 10 heteroatoms. The molecule has 2 aromatic rings. The third-order valence-electron chi connectivity index (χ3n) is 4.97. The normalized spacial score (nSPS) is 15.3. The van der Waals surface area contributed by atoms with Crippen molar-refractivity contribution in [2.75, 3.05) is 42.3 Å². The Labute approximate surface area is 177 Å². The molecule has 7 nitrogen and oxygen atoms in total. The van der Waals surface area contributed by atoms with Crippen LogP contribution in [0.5, 0.6) is 0 Å². The van der Waals surface area contributed by atoms with Gasteiger partial charge in [0.1, 0.15) is 4.90 Å². The number of quaternary nitrogens is 1. The van der Waals surface area contributed by atoms with Gasteiger partial charge in [-0.2, -0.15) is 0 Å². The smallest absolute Gasteiger partial charge is 0.264 e. The van der Waals surface area contributed by atoms with Gasteiger partial charge in [-0.15, -0.1) is 0 Å². The van der Waals surface area contributed by atoms with Crippen LogP contribution in [0.15, 0.2) is 45.8 Å². The molecule has 0 unspecified atom stereocenters. The van der Waals surface area contributed by atoms with Crippen LogP contribution in [-0.4, -0.2) is 47.1 Å². The zero-order valence-electron chi connectivity index (χ0n) is 15.7. The zero-order chi connectivity index (χ0) is 21.2. The molecule has 0 atom stereocenters. The van der Waals surface area contributed by atoms with Crippen LogP contribution in [0.2, 0.25) is 0 Å². The summed E-state index contributed by atoms with van der Waals surface area (Å²) in [6.45, 7) is 6.56. The summed E-state index contributed by atoms with van der Waals surface area (Å²) in [6.07, 6.45) is 0. The van der Waals surface area contributed by atoms with Crippen LogP contribution in [0.1, 0.15) is 17.3 Å². The first-order chi connectivity index (χ1) is 13.7. The first kappa shape index (κ1) is 21.5. The Morgan fingerprint density at radius 1 is 1.28 bits per heavy atom. The van der Waals surface area contributed by atoms with Gasteiger partial charge in [0.05, 0.1) is 50.1 Å². The quantitative estimate of drug-likeness (QED) is 0.620. The average molecular weight is 486 g/mol. The van der Waals surface area contributed by atoms with Crippen LogP contribution in [0.3, 0.4) is 0 Å². The van der Waals surface area contributed by atoms with Crippen molar-refractivity contribution in [1.82, 2.24) is 0 Å². The SMILES string of the molecule is CC[NH+]1CCN(c2ccccc2NS(=O)(=O)c2cc(Br)cc(C(=O)[O-])c2F)CC1. The summed E-state index contributed by atoms with van der Waals surface area (Å²) in [5.74, 6) is -3.16. The van der Waals surface area contributed by atoms with Gasteiger partial charge < -0.3 is 19.7 Å². The topological polar surface area (TPSA) is 94.0 Å². The molecule has 0 spiro atoms. The molecule has 0 aliphatic carbocycles. The molecule has 0 saturated carbocycles. The highest BCUT2D eigenvalue weighted by molar-refractivity contribution is 9.10. The number of carbonyl (C=O) groups is 1. The first-order valence-electron chi connectivity index (χ1n) is 9.13. The number of benzene rings is 2. The largest absolute Gasteiger partial charge is 0.545 e. The van der Waals surface area contributed by atoms with Gasteiger partial charge in [-0.05, 0) is 31.2 Å². The standard InChI is InChI=1S/C19H21BrFN3O4S/c1-2-23-7-9-24(10-8-23)16-6-4-3-5-15(16)22-29(27,28)17-12-13(20)11-14(18(17)21)19(25)26/h3-6,11-12,22H,2,7-10H2,1H3,(H,25,26). The van der Waals surface area contributed by atoms with E-state index < -0.39 is 32.3 Å². The van der Waals surface area contributed by atoms with E-state index in [4.69, 9.17) is 0 Å². The van der Waals surface area contributed by atoms with Crippen molar-refractivity contribution in [3.05, 3.63) is 52.3 Å². The first-order valence-corrected chi connectivity index (χ1v) is 11.4. The Morgan fingerprint density at radius 2 is 1.93 bits per heavy atom. The van der Waals surface area contributed by atoms with Gasteiger partial charge in [-0.3, -0.25) is 4.72 Å². The number of carboxylic acids is 1. The molecular formula is C19H21BrFN3O4S. The lowest BCUT2D eigenvalue weighted by Gasteiger charge is -2.34. The molecule has 1 aliphatic heterocycles. The number of nitrogens with zero attached hydrogens (tertiary/aromatic N) is 1. The van der Waals surface area contributed by atoms with E-state index in [1.165, 1.54) is 4.90 Å². The highest BCUT2D eigenvalue weighted by atomic mass is 79.9. The fourth-order valence-corrected chi connectivity index (χ4v) is 5.17. The Morgan fingerprint density at radius 3 is 2.55 bits per heavy atom. The lowest BCUT2D eigenvalue weighted by atomic mass is 10.2. The lowest BCUT2D eigenvalue weighted by Crippen LogP contribution is -3.14. The number of rotatable bonds is 6. The zero-order valence-corrected chi connectivity index (χ0v) is 18.1. The van der Waals surface area contributed by atoms with Gasteiger partial charge >= 0.3 is 0 Å². The van der Waals surface area contributed by atoms with E-state index in [2.05, 4.69) is 32.5 Å². The van der Waals surface area contributed by atoms with Crippen molar-refractivity contribution >= 4 is 43.3 Å². The number of aromatic carboxylic acids is 1. The molecule has 1 saturated heterocycles. The van der Waals surface area contributed by atoms with Gasteiger partial charge in [0.2, 0.25) is 0 Å². The second-order valence-electron chi connectivity index (χ2n) is 6.77. The van der Waals surface area contributed by atoms with Crippen molar-refractivity contribution in [3.63, 3.8) is 0 Å². The predicted molar refractivity (Wildman–Crippen MR) is 109 cm³/mol. The molecule has 2 aromatic carbocycles. The monoisotopic (exact) mass is 485 g/mol. The second kappa shape index (κ2) is 8.68. The maximum Gasteiger partial charge on any atom is 0.264 e. The summed E-state index contributed by atoms with van der Waals surface area (Å²) < 4.78 is 42.8. The van der Waals surface area contributed by atoms with E-state index >= 15 is 0 Å². The number of carbonyl (C=O) groups excluding carboxylic acids is 1. The molecule has 3 rings (SSSR count). The molecule has 1 heterocycles. The summed E-state index contributed by atoms with van der Waals surface area (Å²) in [5.41, 5.74) is 0.176. The summed E-state index contributed by atoms with van der Waals surface area (Å²) in [4.78, 5) is 13.9. The molecule has 156 valence electrons. The molecule has 29 heavy (non-hydrogen) atoms. The fraction of sp³-hybridized carbons (Fsp3) is 0.316. The number of carboxylic acid groups (broad SMARTS) is 1. The molecule has 0 amide bonds. The summed E-state index contributed by atoms with van der Waals surface area (Å²) in [5, 5.41) is 11.1. The molecule has 0 aromatic heterocycles. The minimum atomic E-state index is -4.38.